The minimum atomic E-state index is -4.68. The third-order valence-electron chi connectivity index (χ3n) is 1.95. The van der Waals surface area contributed by atoms with E-state index in [1.54, 1.807) is 12.1 Å². The Morgan fingerprint density at radius 1 is 1.13 bits per heavy atom. The molecule has 1 aromatic heterocycles. The normalized spacial score (nSPS) is 11.9. The first-order valence-electron chi connectivity index (χ1n) is 4.08. The lowest BCUT2D eigenvalue weighted by atomic mass is 10.2. The Hall–Kier alpha value is -1.78. The highest BCUT2D eigenvalue weighted by Gasteiger charge is 2.35. The van der Waals surface area contributed by atoms with Crippen molar-refractivity contribution in [3.63, 3.8) is 0 Å². The lowest BCUT2D eigenvalue weighted by Gasteiger charge is -2.05. The van der Waals surface area contributed by atoms with Gasteiger partial charge < -0.3 is 4.42 Å². The fraction of sp³-hybridized carbons (Fsp3) is 0.100. The quantitative estimate of drug-likeness (QED) is 0.631. The smallest absolute Gasteiger partial charge is 0.422 e. The number of hydrogen-bond donors (Lipinski definition) is 0. The first-order valence-corrected chi connectivity index (χ1v) is 4.08. The molecule has 15 heavy (non-hydrogen) atoms. The molecular formula is C10H5F3O2. The lowest BCUT2D eigenvalue weighted by Crippen LogP contribution is -2.17. The Labute approximate surface area is 81.9 Å². The van der Waals surface area contributed by atoms with Crippen LogP contribution in [0.5, 0.6) is 0 Å². The SMILES string of the molecule is O=c1oc2ccccc2cc1C(F)(F)F. The summed E-state index contributed by atoms with van der Waals surface area (Å²) in [5, 5.41) is 0.254. The van der Waals surface area contributed by atoms with Crippen molar-refractivity contribution >= 4 is 11.0 Å². The van der Waals surface area contributed by atoms with Crippen molar-refractivity contribution in [2.24, 2.45) is 0 Å². The summed E-state index contributed by atoms with van der Waals surface area (Å²) in [6, 6.07) is 6.84. The Bertz CT molecular complexity index is 554. The molecule has 0 aliphatic carbocycles. The van der Waals surface area contributed by atoms with E-state index < -0.39 is 17.4 Å². The van der Waals surface area contributed by atoms with Gasteiger partial charge in [-0.1, -0.05) is 18.2 Å². The number of halogens is 3. The van der Waals surface area contributed by atoms with E-state index in [1.165, 1.54) is 12.1 Å². The standard InChI is InChI=1S/C10H5F3O2/c11-10(12,13)7-5-6-3-1-2-4-8(6)15-9(7)14/h1-5H. The molecule has 78 valence electrons. The monoisotopic (exact) mass is 214 g/mol. The van der Waals surface area contributed by atoms with E-state index >= 15 is 0 Å². The van der Waals surface area contributed by atoms with Crippen LogP contribution in [-0.2, 0) is 6.18 Å². The summed E-state index contributed by atoms with van der Waals surface area (Å²) in [5.41, 5.74) is -2.49. The Kier molecular flexibility index (Phi) is 2.03. The maximum atomic E-state index is 12.3. The first-order chi connectivity index (χ1) is 6.98. The van der Waals surface area contributed by atoms with E-state index in [1.807, 2.05) is 0 Å². The van der Waals surface area contributed by atoms with Crippen LogP contribution in [0.4, 0.5) is 13.2 Å². The van der Waals surface area contributed by atoms with Gasteiger partial charge in [0.2, 0.25) is 0 Å². The maximum absolute atomic E-state index is 12.3. The highest BCUT2D eigenvalue weighted by Crippen LogP contribution is 2.28. The molecule has 2 nitrogen and oxygen atoms in total. The van der Waals surface area contributed by atoms with E-state index in [9.17, 15) is 18.0 Å². The van der Waals surface area contributed by atoms with Crippen LogP contribution >= 0.6 is 0 Å². The van der Waals surface area contributed by atoms with Crippen molar-refractivity contribution in [2.45, 2.75) is 6.18 Å². The predicted molar refractivity (Wildman–Crippen MR) is 47.5 cm³/mol. The van der Waals surface area contributed by atoms with Crippen LogP contribution in [0.2, 0.25) is 0 Å². The zero-order chi connectivity index (χ0) is 11.1. The number of alkyl halides is 3. The molecule has 0 amide bonds. The molecule has 0 atom stereocenters. The highest BCUT2D eigenvalue weighted by atomic mass is 19.4. The summed E-state index contributed by atoms with van der Waals surface area (Å²) in [6.07, 6.45) is -4.68. The van der Waals surface area contributed by atoms with E-state index in [0.29, 0.717) is 0 Å². The summed E-state index contributed by atoms with van der Waals surface area (Å²) in [4.78, 5) is 11.0. The second kappa shape index (κ2) is 3.12. The van der Waals surface area contributed by atoms with E-state index in [-0.39, 0.29) is 11.0 Å². The number of rotatable bonds is 0. The Morgan fingerprint density at radius 2 is 1.80 bits per heavy atom. The third-order valence-corrected chi connectivity index (χ3v) is 1.95. The lowest BCUT2D eigenvalue weighted by molar-refractivity contribution is -0.139. The molecule has 1 aromatic carbocycles. The molecule has 0 unspecified atom stereocenters. The average molecular weight is 214 g/mol. The van der Waals surface area contributed by atoms with Gasteiger partial charge in [-0.25, -0.2) is 4.79 Å². The largest absolute Gasteiger partial charge is 0.423 e. The number of para-hydroxylation sites is 1. The molecule has 0 radical (unpaired) electrons. The van der Waals surface area contributed by atoms with Crippen molar-refractivity contribution in [1.29, 1.82) is 0 Å². The minimum absolute atomic E-state index is 0.149. The summed E-state index contributed by atoms with van der Waals surface area (Å²) in [7, 11) is 0. The van der Waals surface area contributed by atoms with Gasteiger partial charge in [-0.15, -0.1) is 0 Å². The van der Waals surface area contributed by atoms with Gasteiger partial charge in [0, 0.05) is 5.39 Å². The molecule has 2 aromatic rings. The molecule has 0 aliphatic heterocycles. The van der Waals surface area contributed by atoms with Crippen molar-refractivity contribution < 1.29 is 17.6 Å². The molecule has 0 bridgehead atoms. The summed E-state index contributed by atoms with van der Waals surface area (Å²) in [6.45, 7) is 0. The van der Waals surface area contributed by atoms with E-state index in [0.717, 1.165) is 6.07 Å². The molecule has 0 fully saturated rings. The van der Waals surface area contributed by atoms with E-state index in [2.05, 4.69) is 4.42 Å². The first kappa shape index (κ1) is 9.76. The summed E-state index contributed by atoms with van der Waals surface area (Å²) >= 11 is 0. The predicted octanol–water partition coefficient (Wildman–Crippen LogP) is 2.81. The van der Waals surface area contributed by atoms with Crippen LogP contribution < -0.4 is 5.63 Å². The molecular weight excluding hydrogens is 209 g/mol. The molecule has 0 spiro atoms. The van der Waals surface area contributed by atoms with Crippen LogP contribution in [0.3, 0.4) is 0 Å². The molecule has 0 N–H and O–H groups in total. The summed E-state index contributed by atoms with van der Waals surface area (Å²) in [5.74, 6) is 0. The minimum Gasteiger partial charge on any atom is -0.422 e. The van der Waals surface area contributed by atoms with Gasteiger partial charge >= 0.3 is 11.8 Å². The third kappa shape index (κ3) is 1.72. The molecule has 0 aliphatic rings. The van der Waals surface area contributed by atoms with Gasteiger partial charge in [0.25, 0.3) is 0 Å². The fourth-order valence-electron chi connectivity index (χ4n) is 1.26. The van der Waals surface area contributed by atoms with Gasteiger partial charge in [-0.05, 0) is 12.1 Å². The van der Waals surface area contributed by atoms with Crippen LogP contribution in [0.25, 0.3) is 11.0 Å². The zero-order valence-electron chi connectivity index (χ0n) is 7.34. The highest BCUT2D eigenvalue weighted by molar-refractivity contribution is 5.76. The molecule has 5 heteroatoms. The summed E-state index contributed by atoms with van der Waals surface area (Å²) < 4.78 is 41.5. The van der Waals surface area contributed by atoms with Gasteiger partial charge in [0.1, 0.15) is 11.1 Å². The molecule has 0 saturated carbocycles. The van der Waals surface area contributed by atoms with Gasteiger partial charge in [0.05, 0.1) is 0 Å². The van der Waals surface area contributed by atoms with Crippen molar-refractivity contribution in [2.75, 3.05) is 0 Å². The Balaban J connectivity index is 2.79. The van der Waals surface area contributed by atoms with Crippen LogP contribution in [0.15, 0.2) is 39.5 Å². The van der Waals surface area contributed by atoms with E-state index in [4.69, 9.17) is 0 Å². The maximum Gasteiger partial charge on any atom is 0.423 e. The molecule has 0 saturated heterocycles. The number of fused-ring (bicyclic) bond motifs is 1. The fourth-order valence-corrected chi connectivity index (χ4v) is 1.26. The topological polar surface area (TPSA) is 30.2 Å². The van der Waals surface area contributed by atoms with Crippen molar-refractivity contribution in [3.8, 4) is 0 Å². The second-order valence-corrected chi connectivity index (χ2v) is 2.98. The van der Waals surface area contributed by atoms with Crippen LogP contribution in [0, 0.1) is 0 Å². The number of benzene rings is 1. The number of hydrogen-bond acceptors (Lipinski definition) is 2. The van der Waals surface area contributed by atoms with Gasteiger partial charge in [-0.2, -0.15) is 13.2 Å². The second-order valence-electron chi connectivity index (χ2n) is 2.98. The zero-order valence-corrected chi connectivity index (χ0v) is 7.34. The van der Waals surface area contributed by atoms with Crippen molar-refractivity contribution in [3.05, 3.63) is 46.3 Å². The van der Waals surface area contributed by atoms with Crippen molar-refractivity contribution in [1.82, 2.24) is 0 Å². The molecule has 2 rings (SSSR count). The van der Waals surface area contributed by atoms with Crippen LogP contribution in [0.1, 0.15) is 5.56 Å². The van der Waals surface area contributed by atoms with Crippen LogP contribution in [-0.4, -0.2) is 0 Å². The molecule has 1 heterocycles. The Morgan fingerprint density at radius 3 is 2.47 bits per heavy atom. The average Bonchev–Trinajstić information content (AvgIpc) is 2.15. The van der Waals surface area contributed by atoms with Gasteiger partial charge in [-0.3, -0.25) is 0 Å². The van der Waals surface area contributed by atoms with Gasteiger partial charge in [0.15, 0.2) is 0 Å².